The van der Waals surface area contributed by atoms with Gasteiger partial charge in [-0.1, -0.05) is 0 Å². The lowest BCUT2D eigenvalue weighted by Gasteiger charge is -2.23. The van der Waals surface area contributed by atoms with Crippen LogP contribution in [-0.4, -0.2) is 44.9 Å². The first kappa shape index (κ1) is 12.4. The van der Waals surface area contributed by atoms with Crippen LogP contribution in [-0.2, 0) is 14.3 Å². The summed E-state index contributed by atoms with van der Waals surface area (Å²) in [5.74, 6) is -0.387. The van der Waals surface area contributed by atoms with Crippen LogP contribution in [0.3, 0.4) is 0 Å². The quantitative estimate of drug-likeness (QED) is 0.636. The van der Waals surface area contributed by atoms with Gasteiger partial charge in [0.25, 0.3) is 0 Å². The van der Waals surface area contributed by atoms with Crippen molar-refractivity contribution in [2.75, 3.05) is 26.9 Å². The largest absolute Gasteiger partial charge is 0.377 e. The Hall–Kier alpha value is -0.650. The molecule has 0 aromatic carbocycles. The highest BCUT2D eigenvalue weighted by Gasteiger charge is 2.16. The highest BCUT2D eigenvalue weighted by atomic mass is 16.5. The summed E-state index contributed by atoms with van der Waals surface area (Å²) >= 11 is 0. The molecule has 1 saturated heterocycles. The van der Waals surface area contributed by atoms with E-state index in [2.05, 4.69) is 5.32 Å². The fourth-order valence-corrected chi connectivity index (χ4v) is 1.56. The Labute approximate surface area is 90.3 Å². The average molecular weight is 216 g/mol. The summed E-state index contributed by atoms with van der Waals surface area (Å²) in [5.41, 5.74) is 5.15. The Morgan fingerprint density at radius 2 is 2.47 bits per heavy atom. The van der Waals surface area contributed by atoms with Crippen molar-refractivity contribution in [2.45, 2.75) is 31.4 Å². The number of carbonyl (C=O) groups excluding carboxylic acids is 1. The van der Waals surface area contributed by atoms with Gasteiger partial charge in [0, 0.05) is 6.61 Å². The minimum Gasteiger partial charge on any atom is -0.377 e. The van der Waals surface area contributed by atoms with E-state index < -0.39 is 6.04 Å². The van der Waals surface area contributed by atoms with E-state index in [-0.39, 0.29) is 12.0 Å². The molecule has 1 aliphatic rings. The predicted molar refractivity (Wildman–Crippen MR) is 56.5 cm³/mol. The molecule has 2 atom stereocenters. The Kier molecular flexibility index (Phi) is 5.60. The monoisotopic (exact) mass is 216 g/mol. The number of ether oxygens (including phenoxy) is 2. The standard InChI is InChI=1S/C10H20N2O3/c1-12-9(10(11)13)7-14-6-8-4-2-3-5-15-8/h8-9,12H,2-7H2,1H3,(H2,11,13). The second kappa shape index (κ2) is 6.76. The maximum absolute atomic E-state index is 10.9. The number of amides is 1. The molecular weight excluding hydrogens is 196 g/mol. The molecule has 88 valence electrons. The van der Waals surface area contributed by atoms with Crippen molar-refractivity contribution >= 4 is 5.91 Å². The van der Waals surface area contributed by atoms with E-state index in [4.69, 9.17) is 15.2 Å². The molecule has 0 bridgehead atoms. The van der Waals surface area contributed by atoms with Crippen molar-refractivity contribution < 1.29 is 14.3 Å². The maximum atomic E-state index is 10.9. The SMILES string of the molecule is CNC(COCC1CCCCO1)C(N)=O. The topological polar surface area (TPSA) is 73.6 Å². The highest BCUT2D eigenvalue weighted by molar-refractivity contribution is 5.79. The molecule has 0 aromatic heterocycles. The van der Waals surface area contributed by atoms with E-state index >= 15 is 0 Å². The van der Waals surface area contributed by atoms with E-state index in [9.17, 15) is 4.79 Å². The maximum Gasteiger partial charge on any atom is 0.236 e. The Morgan fingerprint density at radius 3 is 3.00 bits per heavy atom. The smallest absolute Gasteiger partial charge is 0.236 e. The highest BCUT2D eigenvalue weighted by Crippen LogP contribution is 2.12. The van der Waals surface area contributed by atoms with Crippen LogP contribution in [0.2, 0.25) is 0 Å². The summed E-state index contributed by atoms with van der Waals surface area (Å²) in [7, 11) is 1.69. The summed E-state index contributed by atoms with van der Waals surface area (Å²) in [4.78, 5) is 10.9. The number of primary amides is 1. The summed E-state index contributed by atoms with van der Waals surface area (Å²) in [6, 6.07) is -0.409. The number of hydrogen-bond donors (Lipinski definition) is 2. The van der Waals surface area contributed by atoms with Crippen molar-refractivity contribution in [2.24, 2.45) is 5.73 Å². The van der Waals surface area contributed by atoms with Gasteiger partial charge in [0.15, 0.2) is 0 Å². The van der Waals surface area contributed by atoms with Gasteiger partial charge in [-0.15, -0.1) is 0 Å². The Morgan fingerprint density at radius 1 is 1.67 bits per heavy atom. The third kappa shape index (κ3) is 4.59. The van der Waals surface area contributed by atoms with Gasteiger partial charge >= 0.3 is 0 Å². The van der Waals surface area contributed by atoms with Gasteiger partial charge in [-0.25, -0.2) is 0 Å². The van der Waals surface area contributed by atoms with Gasteiger partial charge in [0.1, 0.15) is 6.04 Å². The first-order valence-electron chi connectivity index (χ1n) is 5.40. The van der Waals surface area contributed by atoms with E-state index in [0.29, 0.717) is 13.2 Å². The zero-order valence-corrected chi connectivity index (χ0v) is 9.20. The molecule has 0 aromatic rings. The van der Waals surface area contributed by atoms with Gasteiger partial charge in [0.05, 0.1) is 19.3 Å². The Bertz CT molecular complexity index is 193. The first-order chi connectivity index (χ1) is 7.24. The first-order valence-corrected chi connectivity index (χ1v) is 5.40. The number of nitrogens with two attached hydrogens (primary N) is 1. The summed E-state index contributed by atoms with van der Waals surface area (Å²) in [6.45, 7) is 1.68. The van der Waals surface area contributed by atoms with Crippen molar-refractivity contribution in [3.63, 3.8) is 0 Å². The lowest BCUT2D eigenvalue weighted by atomic mass is 10.1. The van der Waals surface area contributed by atoms with E-state index in [1.807, 2.05) is 0 Å². The molecule has 1 aliphatic heterocycles. The molecule has 1 fully saturated rings. The molecule has 3 N–H and O–H groups in total. The molecule has 1 amide bonds. The van der Waals surface area contributed by atoms with Crippen LogP contribution in [0.5, 0.6) is 0 Å². The second-order valence-electron chi connectivity index (χ2n) is 3.77. The zero-order chi connectivity index (χ0) is 11.1. The fourth-order valence-electron chi connectivity index (χ4n) is 1.56. The van der Waals surface area contributed by atoms with E-state index in [1.54, 1.807) is 7.05 Å². The lowest BCUT2D eigenvalue weighted by Crippen LogP contribution is -2.43. The molecule has 2 unspecified atom stereocenters. The van der Waals surface area contributed by atoms with Gasteiger partial charge in [-0.3, -0.25) is 4.79 Å². The molecule has 0 radical (unpaired) electrons. The van der Waals surface area contributed by atoms with Gasteiger partial charge in [-0.05, 0) is 26.3 Å². The predicted octanol–water partition coefficient (Wildman–Crippen LogP) is -0.355. The zero-order valence-electron chi connectivity index (χ0n) is 9.20. The minimum atomic E-state index is -0.409. The van der Waals surface area contributed by atoms with E-state index in [1.165, 1.54) is 6.42 Å². The van der Waals surface area contributed by atoms with Crippen molar-refractivity contribution in [1.29, 1.82) is 0 Å². The average Bonchev–Trinajstić information content (AvgIpc) is 2.25. The molecule has 5 nitrogen and oxygen atoms in total. The van der Waals surface area contributed by atoms with Crippen LogP contribution in [0, 0.1) is 0 Å². The number of carbonyl (C=O) groups is 1. The number of nitrogens with one attached hydrogen (secondary N) is 1. The van der Waals surface area contributed by atoms with Crippen LogP contribution in [0.4, 0.5) is 0 Å². The fraction of sp³-hybridized carbons (Fsp3) is 0.900. The molecule has 15 heavy (non-hydrogen) atoms. The lowest BCUT2D eigenvalue weighted by molar-refractivity contribution is -0.122. The summed E-state index contributed by atoms with van der Waals surface area (Å²) in [5, 5.41) is 2.80. The number of hydrogen-bond acceptors (Lipinski definition) is 4. The molecule has 0 aliphatic carbocycles. The molecule has 0 spiro atoms. The van der Waals surface area contributed by atoms with Crippen molar-refractivity contribution in [1.82, 2.24) is 5.32 Å². The third-order valence-corrected chi connectivity index (χ3v) is 2.55. The molecule has 0 saturated carbocycles. The van der Waals surface area contributed by atoms with Crippen LogP contribution >= 0.6 is 0 Å². The normalized spacial score (nSPS) is 23.7. The van der Waals surface area contributed by atoms with Gasteiger partial charge in [0.2, 0.25) is 5.91 Å². The van der Waals surface area contributed by atoms with Gasteiger partial charge in [-0.2, -0.15) is 0 Å². The third-order valence-electron chi connectivity index (χ3n) is 2.55. The van der Waals surface area contributed by atoms with Crippen molar-refractivity contribution in [3.05, 3.63) is 0 Å². The van der Waals surface area contributed by atoms with Crippen molar-refractivity contribution in [3.8, 4) is 0 Å². The molecule has 1 rings (SSSR count). The Balaban J connectivity index is 2.11. The minimum absolute atomic E-state index is 0.184. The van der Waals surface area contributed by atoms with Gasteiger partial charge < -0.3 is 20.5 Å². The summed E-state index contributed by atoms with van der Waals surface area (Å²) in [6.07, 6.45) is 3.56. The number of likely N-dealkylation sites (N-methyl/N-ethyl adjacent to an activating group) is 1. The second-order valence-corrected chi connectivity index (χ2v) is 3.77. The molecule has 5 heteroatoms. The van der Waals surface area contributed by atoms with Crippen LogP contribution in [0.1, 0.15) is 19.3 Å². The van der Waals surface area contributed by atoms with E-state index in [0.717, 1.165) is 19.4 Å². The summed E-state index contributed by atoms with van der Waals surface area (Å²) < 4.78 is 10.9. The molecular formula is C10H20N2O3. The van der Waals surface area contributed by atoms with Crippen LogP contribution < -0.4 is 11.1 Å². The van der Waals surface area contributed by atoms with Crippen LogP contribution in [0.15, 0.2) is 0 Å². The van der Waals surface area contributed by atoms with Crippen LogP contribution in [0.25, 0.3) is 0 Å². The molecule has 1 heterocycles. The number of rotatable bonds is 6.